The second-order valence-corrected chi connectivity index (χ2v) is 9.28. The zero-order chi connectivity index (χ0) is 20.5. The average molecular weight is 388 g/mol. The van der Waals surface area contributed by atoms with Crippen LogP contribution in [0, 0.1) is 23.2 Å². The van der Waals surface area contributed by atoms with Crippen LogP contribution < -0.4 is 5.32 Å². The average Bonchev–Trinajstić information content (AvgIpc) is 2.84. The van der Waals surface area contributed by atoms with Crippen molar-refractivity contribution in [3.8, 4) is 0 Å². The smallest absolute Gasteiger partial charge is 0.326 e. The highest BCUT2D eigenvalue weighted by atomic mass is 19.3. The summed E-state index contributed by atoms with van der Waals surface area (Å²) in [5.41, 5.74) is -1.85. The lowest BCUT2D eigenvalue weighted by Crippen LogP contribution is -2.62. The molecule has 27 heavy (non-hydrogen) atoms. The Morgan fingerprint density at radius 3 is 2.22 bits per heavy atom. The van der Waals surface area contributed by atoms with Crippen molar-refractivity contribution in [3.63, 3.8) is 0 Å². The summed E-state index contributed by atoms with van der Waals surface area (Å²) in [5.74, 6) is -6.48. The first kappa shape index (κ1) is 20.0. The molecule has 0 radical (unpaired) electrons. The highest BCUT2D eigenvalue weighted by Crippen LogP contribution is 2.64. The SMILES string of the molecule is CC(C)(O)C(NC(=O)C1CC(F)(F)C1)C(=O)N1C[C@H]2[C@@H]([C@H]1C(=O)O)C2(C)C. The Bertz CT molecular complexity index is 680. The number of rotatable bonds is 5. The Kier molecular flexibility index (Phi) is 4.34. The molecule has 1 aliphatic heterocycles. The van der Waals surface area contributed by atoms with E-state index in [4.69, 9.17) is 0 Å². The summed E-state index contributed by atoms with van der Waals surface area (Å²) in [4.78, 5) is 38.2. The molecular formula is C18H26F2N2O5. The first-order valence-electron chi connectivity index (χ1n) is 9.10. The first-order chi connectivity index (χ1) is 12.2. The van der Waals surface area contributed by atoms with Gasteiger partial charge >= 0.3 is 5.97 Å². The molecule has 3 rings (SSSR count). The number of alkyl halides is 2. The number of hydrogen-bond donors (Lipinski definition) is 3. The van der Waals surface area contributed by atoms with E-state index in [1.807, 2.05) is 13.8 Å². The Balaban J connectivity index is 1.75. The Hall–Kier alpha value is -1.77. The molecule has 3 aliphatic rings. The van der Waals surface area contributed by atoms with Gasteiger partial charge in [0.25, 0.3) is 0 Å². The summed E-state index contributed by atoms with van der Waals surface area (Å²) in [5, 5.41) is 22.4. The fraction of sp³-hybridized carbons (Fsp3) is 0.833. The van der Waals surface area contributed by atoms with E-state index in [2.05, 4.69) is 5.32 Å². The lowest BCUT2D eigenvalue weighted by Gasteiger charge is -2.38. The molecule has 2 aliphatic carbocycles. The number of aliphatic hydroxyl groups is 1. The molecule has 9 heteroatoms. The van der Waals surface area contributed by atoms with Crippen LogP contribution in [-0.2, 0) is 14.4 Å². The second kappa shape index (κ2) is 5.86. The maximum Gasteiger partial charge on any atom is 0.326 e. The van der Waals surface area contributed by atoms with Gasteiger partial charge in [-0.1, -0.05) is 13.8 Å². The van der Waals surface area contributed by atoms with Crippen LogP contribution in [0.15, 0.2) is 0 Å². The van der Waals surface area contributed by atoms with E-state index in [1.54, 1.807) is 0 Å². The molecule has 4 atom stereocenters. The minimum atomic E-state index is -2.88. The van der Waals surface area contributed by atoms with Crippen LogP contribution in [0.4, 0.5) is 8.78 Å². The number of hydrogen-bond acceptors (Lipinski definition) is 4. The van der Waals surface area contributed by atoms with Crippen molar-refractivity contribution in [2.75, 3.05) is 6.54 Å². The van der Waals surface area contributed by atoms with Gasteiger partial charge < -0.3 is 20.4 Å². The molecule has 1 saturated heterocycles. The number of carbonyl (C=O) groups is 3. The fourth-order valence-electron chi connectivity index (χ4n) is 4.61. The molecular weight excluding hydrogens is 362 g/mol. The fourth-order valence-corrected chi connectivity index (χ4v) is 4.61. The van der Waals surface area contributed by atoms with Crippen LogP contribution in [0.5, 0.6) is 0 Å². The van der Waals surface area contributed by atoms with Crippen LogP contribution in [0.3, 0.4) is 0 Å². The number of carbonyl (C=O) groups excluding carboxylic acids is 2. The summed E-state index contributed by atoms with van der Waals surface area (Å²) in [6, 6.07) is -2.42. The van der Waals surface area contributed by atoms with E-state index in [1.165, 1.54) is 18.7 Å². The van der Waals surface area contributed by atoms with Gasteiger partial charge in [0.15, 0.2) is 0 Å². The highest BCUT2D eigenvalue weighted by molar-refractivity contribution is 5.93. The number of halogens is 2. The molecule has 152 valence electrons. The summed E-state index contributed by atoms with van der Waals surface area (Å²) < 4.78 is 26.0. The van der Waals surface area contributed by atoms with Gasteiger partial charge in [0.05, 0.1) is 5.60 Å². The van der Waals surface area contributed by atoms with Crippen LogP contribution in [0.2, 0.25) is 0 Å². The maximum atomic E-state index is 13.0. The standard InChI is InChI=1S/C18H26F2N2O5/c1-16(2)9-7-22(11(10(9)16)15(25)26)14(24)12(17(3,4)27)21-13(23)8-5-18(19,20)6-8/h8-12,27H,5-7H2,1-4H3,(H,21,23)(H,25,26)/t9-,10-,11-,12?/m0/s1. The largest absolute Gasteiger partial charge is 0.480 e. The van der Waals surface area contributed by atoms with E-state index in [0.29, 0.717) is 0 Å². The number of nitrogens with zero attached hydrogens (tertiary/aromatic N) is 1. The number of nitrogens with one attached hydrogen (secondary N) is 1. The van der Waals surface area contributed by atoms with Gasteiger partial charge in [-0.3, -0.25) is 9.59 Å². The summed E-state index contributed by atoms with van der Waals surface area (Å²) in [7, 11) is 0. The molecule has 3 N–H and O–H groups in total. The van der Waals surface area contributed by atoms with Crippen molar-refractivity contribution in [2.45, 2.75) is 64.1 Å². The van der Waals surface area contributed by atoms with E-state index in [0.717, 1.165) is 0 Å². The quantitative estimate of drug-likeness (QED) is 0.648. The molecule has 2 amide bonds. The second-order valence-electron chi connectivity index (χ2n) is 9.28. The predicted octanol–water partition coefficient (Wildman–Crippen LogP) is 0.855. The van der Waals surface area contributed by atoms with E-state index in [-0.39, 0.29) is 23.8 Å². The molecule has 1 heterocycles. The number of fused-ring (bicyclic) bond motifs is 1. The highest BCUT2D eigenvalue weighted by Gasteiger charge is 2.70. The third kappa shape index (κ3) is 3.30. The number of piperidine rings is 1. The normalized spacial score (nSPS) is 32.3. The van der Waals surface area contributed by atoms with Gasteiger partial charge in [0.2, 0.25) is 17.7 Å². The molecule has 0 spiro atoms. The molecule has 0 bridgehead atoms. The lowest BCUT2D eigenvalue weighted by molar-refractivity contribution is -0.159. The van der Waals surface area contributed by atoms with Gasteiger partial charge in [0, 0.05) is 31.2 Å². The topological polar surface area (TPSA) is 107 Å². The van der Waals surface area contributed by atoms with Gasteiger partial charge in [-0.05, 0) is 25.2 Å². The van der Waals surface area contributed by atoms with E-state index < -0.39 is 60.2 Å². The van der Waals surface area contributed by atoms with Crippen LogP contribution >= 0.6 is 0 Å². The van der Waals surface area contributed by atoms with Crippen molar-refractivity contribution in [1.29, 1.82) is 0 Å². The molecule has 0 aromatic rings. The maximum absolute atomic E-state index is 13.0. The number of aliphatic carboxylic acids is 1. The third-order valence-corrected chi connectivity index (χ3v) is 6.45. The minimum absolute atomic E-state index is 0.0473. The van der Waals surface area contributed by atoms with Crippen molar-refractivity contribution in [3.05, 3.63) is 0 Å². The number of carboxylic acid groups (broad SMARTS) is 1. The van der Waals surface area contributed by atoms with Crippen LogP contribution in [-0.4, -0.2) is 63.0 Å². The first-order valence-corrected chi connectivity index (χ1v) is 9.10. The van der Waals surface area contributed by atoms with Gasteiger partial charge in [-0.15, -0.1) is 0 Å². The molecule has 3 fully saturated rings. The molecule has 0 aromatic heterocycles. The number of amides is 2. The third-order valence-electron chi connectivity index (χ3n) is 6.45. The minimum Gasteiger partial charge on any atom is -0.480 e. The molecule has 1 unspecified atom stereocenters. The van der Waals surface area contributed by atoms with E-state index in [9.17, 15) is 33.4 Å². The van der Waals surface area contributed by atoms with Gasteiger partial charge in [0.1, 0.15) is 12.1 Å². The van der Waals surface area contributed by atoms with Crippen LogP contribution in [0.1, 0.15) is 40.5 Å². The van der Waals surface area contributed by atoms with Crippen molar-refractivity contribution >= 4 is 17.8 Å². The van der Waals surface area contributed by atoms with Crippen molar-refractivity contribution in [2.24, 2.45) is 23.2 Å². The Morgan fingerprint density at radius 1 is 1.22 bits per heavy atom. The van der Waals surface area contributed by atoms with E-state index >= 15 is 0 Å². The monoisotopic (exact) mass is 388 g/mol. The van der Waals surface area contributed by atoms with Crippen molar-refractivity contribution < 1.29 is 33.4 Å². The van der Waals surface area contributed by atoms with Crippen LogP contribution in [0.25, 0.3) is 0 Å². The summed E-state index contributed by atoms with van der Waals surface area (Å²) in [6.07, 6.45) is -1.18. The zero-order valence-electron chi connectivity index (χ0n) is 15.8. The molecule has 2 saturated carbocycles. The zero-order valence-corrected chi connectivity index (χ0v) is 15.8. The van der Waals surface area contributed by atoms with Crippen molar-refractivity contribution in [1.82, 2.24) is 10.2 Å². The lowest BCUT2D eigenvalue weighted by atomic mass is 9.80. The number of likely N-dealkylation sites (tertiary alicyclic amines) is 1. The van der Waals surface area contributed by atoms with Gasteiger partial charge in [-0.2, -0.15) is 0 Å². The summed E-state index contributed by atoms with van der Waals surface area (Å²) >= 11 is 0. The Labute approximate surface area is 156 Å². The summed E-state index contributed by atoms with van der Waals surface area (Å²) in [6.45, 7) is 6.78. The number of carboxylic acids is 1. The Morgan fingerprint density at radius 2 is 1.78 bits per heavy atom. The molecule has 7 nitrogen and oxygen atoms in total. The van der Waals surface area contributed by atoms with Gasteiger partial charge in [-0.25, -0.2) is 13.6 Å². The molecule has 0 aromatic carbocycles. The predicted molar refractivity (Wildman–Crippen MR) is 89.8 cm³/mol.